The van der Waals surface area contributed by atoms with Crippen molar-refractivity contribution in [2.24, 2.45) is 0 Å². The first-order valence-corrected chi connectivity index (χ1v) is 9.15. The third-order valence-corrected chi connectivity index (χ3v) is 4.73. The van der Waals surface area contributed by atoms with Crippen LogP contribution < -0.4 is 0 Å². The summed E-state index contributed by atoms with van der Waals surface area (Å²) in [7, 11) is 0. The lowest BCUT2D eigenvalue weighted by Gasteiger charge is -2.09. The topological polar surface area (TPSA) is 47.3 Å². The Morgan fingerprint density at radius 3 is 2.75 bits per heavy atom. The maximum atomic E-state index is 8.75. The summed E-state index contributed by atoms with van der Waals surface area (Å²) in [6, 6.07) is 16.1. The quantitative estimate of drug-likeness (QED) is 0.488. The fraction of sp³-hybridized carbons (Fsp3) is 0.278. The summed E-state index contributed by atoms with van der Waals surface area (Å²) >= 11 is 7.75. The second-order valence-corrected chi connectivity index (χ2v) is 6.78. The van der Waals surface area contributed by atoms with Crippen LogP contribution in [0, 0.1) is 0 Å². The van der Waals surface area contributed by atoms with Crippen molar-refractivity contribution in [1.82, 2.24) is 9.55 Å². The van der Waals surface area contributed by atoms with Gasteiger partial charge >= 0.3 is 0 Å². The van der Waals surface area contributed by atoms with Crippen LogP contribution in [0.25, 0.3) is 11.0 Å². The summed E-state index contributed by atoms with van der Waals surface area (Å²) in [5, 5.41) is 10.4. The summed E-state index contributed by atoms with van der Waals surface area (Å²) < 4.78 is 7.53. The number of ether oxygens (including phenoxy) is 1. The molecule has 0 amide bonds. The van der Waals surface area contributed by atoms with E-state index in [0.29, 0.717) is 18.2 Å². The number of hydrogen-bond acceptors (Lipinski definition) is 4. The zero-order valence-electron chi connectivity index (χ0n) is 13.2. The Labute approximate surface area is 150 Å². The number of thioether (sulfide) groups is 1. The highest BCUT2D eigenvalue weighted by Gasteiger charge is 2.12. The largest absolute Gasteiger partial charge is 0.394 e. The predicted octanol–water partition coefficient (Wildman–Crippen LogP) is 3.84. The van der Waals surface area contributed by atoms with E-state index in [1.807, 2.05) is 36.4 Å². The number of halogens is 1. The summed E-state index contributed by atoms with van der Waals surface area (Å²) in [6.45, 7) is 1.77. The summed E-state index contributed by atoms with van der Waals surface area (Å²) in [4.78, 5) is 4.72. The van der Waals surface area contributed by atoms with Gasteiger partial charge in [-0.2, -0.15) is 0 Å². The molecule has 0 atom stereocenters. The normalized spacial score (nSPS) is 11.2. The van der Waals surface area contributed by atoms with Gasteiger partial charge < -0.3 is 14.4 Å². The Bertz CT molecular complexity index is 792. The molecule has 0 saturated heterocycles. The Morgan fingerprint density at radius 2 is 1.96 bits per heavy atom. The lowest BCUT2D eigenvalue weighted by atomic mass is 10.2. The monoisotopic (exact) mass is 362 g/mol. The van der Waals surface area contributed by atoms with E-state index in [1.165, 1.54) is 5.56 Å². The minimum atomic E-state index is 0.0513. The summed E-state index contributed by atoms with van der Waals surface area (Å²) in [6.07, 6.45) is 0. The molecule has 0 aliphatic rings. The van der Waals surface area contributed by atoms with Crippen molar-refractivity contribution in [3.8, 4) is 0 Å². The standard InChI is InChI=1S/C18H19ClN2O2S/c19-15-6-7-17-16(12-15)20-18(24-11-10-23-9-8-22)21(17)13-14-4-2-1-3-5-14/h1-7,12,22H,8-11,13H2. The number of rotatable bonds is 8. The van der Waals surface area contributed by atoms with Crippen molar-refractivity contribution in [2.75, 3.05) is 25.6 Å². The Morgan fingerprint density at radius 1 is 1.12 bits per heavy atom. The number of aliphatic hydroxyl groups is 1. The van der Waals surface area contributed by atoms with Gasteiger partial charge in [-0.25, -0.2) is 4.98 Å². The highest BCUT2D eigenvalue weighted by molar-refractivity contribution is 7.99. The smallest absolute Gasteiger partial charge is 0.169 e. The second kappa shape index (κ2) is 8.53. The number of imidazole rings is 1. The van der Waals surface area contributed by atoms with Gasteiger partial charge in [-0.1, -0.05) is 53.7 Å². The predicted molar refractivity (Wildman–Crippen MR) is 98.9 cm³/mol. The van der Waals surface area contributed by atoms with Crippen LogP contribution >= 0.6 is 23.4 Å². The molecule has 0 radical (unpaired) electrons. The van der Waals surface area contributed by atoms with Crippen LogP contribution in [0.3, 0.4) is 0 Å². The van der Waals surface area contributed by atoms with E-state index < -0.39 is 0 Å². The van der Waals surface area contributed by atoms with E-state index in [1.54, 1.807) is 11.8 Å². The molecule has 1 heterocycles. The molecule has 0 bridgehead atoms. The van der Waals surface area contributed by atoms with Gasteiger partial charge in [-0.3, -0.25) is 0 Å². The Kier molecular flexibility index (Phi) is 6.15. The molecule has 0 unspecified atom stereocenters. The number of benzene rings is 2. The first kappa shape index (κ1) is 17.3. The van der Waals surface area contributed by atoms with Gasteiger partial charge in [0.25, 0.3) is 0 Å². The van der Waals surface area contributed by atoms with Crippen LogP contribution in [-0.2, 0) is 11.3 Å². The molecule has 6 heteroatoms. The molecule has 1 N–H and O–H groups in total. The molecular formula is C18H19ClN2O2S. The van der Waals surface area contributed by atoms with E-state index >= 15 is 0 Å². The molecular weight excluding hydrogens is 344 g/mol. The molecule has 126 valence electrons. The van der Waals surface area contributed by atoms with E-state index in [-0.39, 0.29) is 6.61 Å². The van der Waals surface area contributed by atoms with E-state index in [2.05, 4.69) is 16.7 Å². The third kappa shape index (κ3) is 4.30. The Balaban J connectivity index is 1.84. The average Bonchev–Trinajstić information content (AvgIpc) is 2.92. The minimum absolute atomic E-state index is 0.0513. The van der Waals surface area contributed by atoms with Crippen molar-refractivity contribution >= 4 is 34.4 Å². The maximum Gasteiger partial charge on any atom is 0.169 e. The molecule has 0 aliphatic carbocycles. The van der Waals surface area contributed by atoms with Crippen molar-refractivity contribution < 1.29 is 9.84 Å². The maximum absolute atomic E-state index is 8.75. The summed E-state index contributed by atoms with van der Waals surface area (Å²) in [5.74, 6) is 0.784. The molecule has 1 aromatic heterocycles. The van der Waals surface area contributed by atoms with Crippen LogP contribution in [-0.4, -0.2) is 40.2 Å². The van der Waals surface area contributed by atoms with Crippen LogP contribution in [0.5, 0.6) is 0 Å². The molecule has 0 saturated carbocycles. The SMILES string of the molecule is OCCOCCSc1nc2cc(Cl)ccc2n1Cc1ccccc1. The molecule has 0 aliphatic heterocycles. The number of aromatic nitrogens is 2. The second-order valence-electron chi connectivity index (χ2n) is 5.28. The first-order valence-electron chi connectivity index (χ1n) is 7.79. The summed E-state index contributed by atoms with van der Waals surface area (Å²) in [5.41, 5.74) is 3.20. The molecule has 2 aromatic carbocycles. The van der Waals surface area contributed by atoms with E-state index in [9.17, 15) is 0 Å². The highest BCUT2D eigenvalue weighted by atomic mass is 35.5. The van der Waals surface area contributed by atoms with Gasteiger partial charge in [0.15, 0.2) is 5.16 Å². The molecule has 24 heavy (non-hydrogen) atoms. The van der Waals surface area contributed by atoms with Crippen molar-refractivity contribution in [2.45, 2.75) is 11.7 Å². The molecule has 4 nitrogen and oxygen atoms in total. The van der Waals surface area contributed by atoms with Crippen LogP contribution in [0.4, 0.5) is 0 Å². The van der Waals surface area contributed by atoms with Crippen LogP contribution in [0.1, 0.15) is 5.56 Å². The third-order valence-electron chi connectivity index (χ3n) is 3.55. The van der Waals surface area contributed by atoms with Crippen molar-refractivity contribution in [3.63, 3.8) is 0 Å². The lowest BCUT2D eigenvalue weighted by Crippen LogP contribution is -2.05. The lowest BCUT2D eigenvalue weighted by molar-refractivity contribution is 0.103. The first-order chi connectivity index (χ1) is 11.8. The molecule has 3 rings (SSSR count). The van der Waals surface area contributed by atoms with Gasteiger partial charge in [0.05, 0.1) is 37.4 Å². The van der Waals surface area contributed by atoms with Crippen molar-refractivity contribution in [1.29, 1.82) is 0 Å². The molecule has 0 spiro atoms. The van der Waals surface area contributed by atoms with Gasteiger partial charge in [0.2, 0.25) is 0 Å². The highest BCUT2D eigenvalue weighted by Crippen LogP contribution is 2.27. The van der Waals surface area contributed by atoms with E-state index in [0.717, 1.165) is 28.5 Å². The molecule has 3 aromatic rings. The van der Waals surface area contributed by atoms with Crippen molar-refractivity contribution in [3.05, 3.63) is 59.1 Å². The zero-order chi connectivity index (χ0) is 16.8. The van der Waals surface area contributed by atoms with Crippen LogP contribution in [0.15, 0.2) is 53.7 Å². The van der Waals surface area contributed by atoms with Gasteiger partial charge in [-0.05, 0) is 23.8 Å². The van der Waals surface area contributed by atoms with Gasteiger partial charge in [-0.15, -0.1) is 0 Å². The van der Waals surface area contributed by atoms with Gasteiger partial charge in [0.1, 0.15) is 0 Å². The van der Waals surface area contributed by atoms with Gasteiger partial charge in [0, 0.05) is 10.8 Å². The fourth-order valence-corrected chi connectivity index (χ4v) is 3.50. The number of hydrogen-bond donors (Lipinski definition) is 1. The number of nitrogens with zero attached hydrogens (tertiary/aromatic N) is 2. The Hall–Kier alpha value is -1.53. The minimum Gasteiger partial charge on any atom is -0.394 e. The van der Waals surface area contributed by atoms with E-state index in [4.69, 9.17) is 26.4 Å². The fourth-order valence-electron chi connectivity index (χ4n) is 2.47. The number of aliphatic hydroxyl groups excluding tert-OH is 1. The number of fused-ring (bicyclic) bond motifs is 1. The molecule has 0 fully saturated rings. The van der Waals surface area contributed by atoms with Crippen LogP contribution in [0.2, 0.25) is 5.02 Å². The zero-order valence-corrected chi connectivity index (χ0v) is 14.8. The average molecular weight is 363 g/mol.